The van der Waals surface area contributed by atoms with Gasteiger partial charge in [0.1, 0.15) is 6.10 Å². The van der Waals surface area contributed by atoms with Crippen LogP contribution in [0.15, 0.2) is 30.3 Å². The first kappa shape index (κ1) is 11.0. The lowest BCUT2D eigenvalue weighted by atomic mass is 10.1. The average molecular weight is 258 g/mol. The monoisotopic (exact) mass is 257 g/mol. The predicted octanol–water partition coefficient (Wildman–Crippen LogP) is 2.09. The zero-order chi connectivity index (χ0) is 10.4. The molecule has 0 aromatic heterocycles. The van der Waals surface area contributed by atoms with E-state index in [1.807, 2.05) is 30.3 Å². The highest BCUT2D eigenvalue weighted by Crippen LogP contribution is 2.08. The summed E-state index contributed by atoms with van der Waals surface area (Å²) in [5, 5.41) is 0.588. The molecular formula is C10H12BrNO2. The number of hydrogen-bond acceptors (Lipinski definition) is 2. The Morgan fingerprint density at radius 3 is 2.57 bits per heavy atom. The summed E-state index contributed by atoms with van der Waals surface area (Å²) < 4.78 is 4.90. The van der Waals surface area contributed by atoms with Crippen LogP contribution < -0.4 is 5.73 Å². The van der Waals surface area contributed by atoms with Gasteiger partial charge in [-0.05, 0) is 5.56 Å². The lowest BCUT2D eigenvalue weighted by molar-refractivity contribution is 0.119. The Morgan fingerprint density at radius 1 is 1.43 bits per heavy atom. The summed E-state index contributed by atoms with van der Waals surface area (Å²) in [6.45, 7) is 0. The van der Waals surface area contributed by atoms with Gasteiger partial charge in [0.2, 0.25) is 0 Å². The van der Waals surface area contributed by atoms with Gasteiger partial charge in [-0.2, -0.15) is 0 Å². The summed E-state index contributed by atoms with van der Waals surface area (Å²) in [6, 6.07) is 9.82. The molecule has 76 valence electrons. The van der Waals surface area contributed by atoms with Crippen LogP contribution in [0, 0.1) is 0 Å². The summed E-state index contributed by atoms with van der Waals surface area (Å²) in [5.74, 6) is 0. The summed E-state index contributed by atoms with van der Waals surface area (Å²) in [4.78, 5) is 10.5. The number of benzene rings is 1. The maximum atomic E-state index is 10.5. The number of amides is 1. The van der Waals surface area contributed by atoms with E-state index in [4.69, 9.17) is 10.5 Å². The number of carbonyl (C=O) groups is 1. The molecule has 1 atom stereocenters. The van der Waals surface area contributed by atoms with Crippen molar-refractivity contribution in [3.05, 3.63) is 35.9 Å². The predicted molar refractivity (Wildman–Crippen MR) is 58.4 cm³/mol. The van der Waals surface area contributed by atoms with Crippen molar-refractivity contribution in [3.8, 4) is 0 Å². The van der Waals surface area contributed by atoms with Gasteiger partial charge in [0.15, 0.2) is 0 Å². The van der Waals surface area contributed by atoms with Crippen LogP contribution in [0.3, 0.4) is 0 Å². The first-order chi connectivity index (χ1) is 6.72. The highest BCUT2D eigenvalue weighted by atomic mass is 79.9. The highest BCUT2D eigenvalue weighted by Gasteiger charge is 2.11. The van der Waals surface area contributed by atoms with Crippen LogP contribution in [0.2, 0.25) is 0 Å². The molecule has 4 heteroatoms. The molecule has 14 heavy (non-hydrogen) atoms. The summed E-state index contributed by atoms with van der Waals surface area (Å²) >= 11 is 3.27. The Morgan fingerprint density at radius 2 is 2.07 bits per heavy atom. The van der Waals surface area contributed by atoms with Gasteiger partial charge in [-0.25, -0.2) is 4.79 Å². The maximum Gasteiger partial charge on any atom is 0.404 e. The minimum atomic E-state index is -0.731. The van der Waals surface area contributed by atoms with E-state index in [2.05, 4.69) is 15.9 Å². The van der Waals surface area contributed by atoms with E-state index in [1.54, 1.807) is 0 Å². The third-order valence-corrected chi connectivity index (χ3v) is 2.48. The van der Waals surface area contributed by atoms with E-state index in [-0.39, 0.29) is 6.10 Å². The summed E-state index contributed by atoms with van der Waals surface area (Å²) in [5.41, 5.74) is 6.06. The minimum absolute atomic E-state index is 0.199. The van der Waals surface area contributed by atoms with Crippen LogP contribution in [0.4, 0.5) is 4.79 Å². The fourth-order valence-electron chi connectivity index (χ4n) is 1.17. The third kappa shape index (κ3) is 3.79. The van der Waals surface area contributed by atoms with Crippen LogP contribution in [0.5, 0.6) is 0 Å². The Labute approximate surface area is 91.4 Å². The zero-order valence-corrected chi connectivity index (χ0v) is 9.24. The van der Waals surface area contributed by atoms with Crippen molar-refractivity contribution in [2.75, 3.05) is 5.33 Å². The van der Waals surface area contributed by atoms with E-state index in [9.17, 15) is 4.79 Å². The molecule has 0 fully saturated rings. The van der Waals surface area contributed by atoms with Crippen LogP contribution >= 0.6 is 15.9 Å². The standard InChI is InChI=1S/C10H12BrNO2/c11-7-9(14-10(12)13)6-8-4-2-1-3-5-8/h1-5,9H,6-7H2,(H2,12,13). The normalized spacial score (nSPS) is 12.1. The van der Waals surface area contributed by atoms with Crippen LogP contribution in [0.25, 0.3) is 0 Å². The number of hydrogen-bond donors (Lipinski definition) is 1. The first-order valence-electron chi connectivity index (χ1n) is 4.28. The van der Waals surface area contributed by atoms with Crippen molar-refractivity contribution >= 4 is 22.0 Å². The Bertz CT molecular complexity index is 289. The molecule has 0 saturated carbocycles. The highest BCUT2D eigenvalue weighted by molar-refractivity contribution is 9.09. The molecule has 1 unspecified atom stereocenters. The fraction of sp³-hybridized carbons (Fsp3) is 0.300. The van der Waals surface area contributed by atoms with Gasteiger partial charge >= 0.3 is 6.09 Å². The smallest absolute Gasteiger partial charge is 0.404 e. The van der Waals surface area contributed by atoms with Crippen LogP contribution in [0.1, 0.15) is 5.56 Å². The van der Waals surface area contributed by atoms with Gasteiger partial charge in [-0.3, -0.25) is 0 Å². The Hall–Kier alpha value is -1.03. The van der Waals surface area contributed by atoms with Crippen molar-refractivity contribution in [1.29, 1.82) is 0 Å². The molecule has 2 N–H and O–H groups in total. The maximum absolute atomic E-state index is 10.5. The SMILES string of the molecule is NC(=O)OC(CBr)Cc1ccccc1. The fourth-order valence-corrected chi connectivity index (χ4v) is 1.53. The van der Waals surface area contributed by atoms with Gasteiger partial charge in [0, 0.05) is 11.8 Å². The van der Waals surface area contributed by atoms with Crippen molar-refractivity contribution in [2.24, 2.45) is 5.73 Å². The van der Waals surface area contributed by atoms with Gasteiger partial charge in [0.25, 0.3) is 0 Å². The molecule has 1 amide bonds. The van der Waals surface area contributed by atoms with Crippen LogP contribution in [-0.2, 0) is 11.2 Å². The largest absolute Gasteiger partial charge is 0.445 e. The molecule has 3 nitrogen and oxygen atoms in total. The Balaban J connectivity index is 2.53. The number of nitrogens with two attached hydrogens (primary N) is 1. The van der Waals surface area contributed by atoms with E-state index >= 15 is 0 Å². The van der Waals surface area contributed by atoms with Crippen molar-refractivity contribution in [3.63, 3.8) is 0 Å². The average Bonchev–Trinajstić information content (AvgIpc) is 2.17. The van der Waals surface area contributed by atoms with Gasteiger partial charge in [-0.1, -0.05) is 46.3 Å². The zero-order valence-electron chi connectivity index (χ0n) is 7.65. The molecular weight excluding hydrogens is 246 g/mol. The minimum Gasteiger partial charge on any atom is -0.445 e. The van der Waals surface area contributed by atoms with Crippen molar-refractivity contribution in [2.45, 2.75) is 12.5 Å². The summed E-state index contributed by atoms with van der Waals surface area (Å²) in [6.07, 6.45) is -0.255. The lowest BCUT2D eigenvalue weighted by Crippen LogP contribution is -2.25. The van der Waals surface area contributed by atoms with Crippen LogP contribution in [-0.4, -0.2) is 17.5 Å². The first-order valence-corrected chi connectivity index (χ1v) is 5.40. The summed E-state index contributed by atoms with van der Waals surface area (Å²) in [7, 11) is 0. The van der Waals surface area contributed by atoms with E-state index < -0.39 is 6.09 Å². The molecule has 0 radical (unpaired) electrons. The lowest BCUT2D eigenvalue weighted by Gasteiger charge is -2.13. The third-order valence-electron chi connectivity index (χ3n) is 1.76. The van der Waals surface area contributed by atoms with Gasteiger partial charge in [0.05, 0.1) is 0 Å². The second-order valence-electron chi connectivity index (χ2n) is 2.90. The number of alkyl halides is 1. The number of rotatable bonds is 4. The molecule has 0 aliphatic heterocycles. The second kappa shape index (κ2) is 5.65. The van der Waals surface area contributed by atoms with Gasteiger partial charge < -0.3 is 10.5 Å². The molecule has 0 aliphatic rings. The molecule has 0 spiro atoms. The molecule has 1 aromatic rings. The second-order valence-corrected chi connectivity index (χ2v) is 3.55. The molecule has 0 heterocycles. The molecule has 0 saturated heterocycles. The number of primary amides is 1. The van der Waals surface area contributed by atoms with E-state index in [0.29, 0.717) is 11.8 Å². The number of carbonyl (C=O) groups excluding carboxylic acids is 1. The van der Waals surface area contributed by atoms with Crippen molar-refractivity contribution in [1.82, 2.24) is 0 Å². The van der Waals surface area contributed by atoms with Crippen molar-refractivity contribution < 1.29 is 9.53 Å². The molecule has 0 bridgehead atoms. The topological polar surface area (TPSA) is 52.3 Å². The number of halogens is 1. The number of ether oxygens (including phenoxy) is 1. The molecule has 1 rings (SSSR count). The Kier molecular flexibility index (Phi) is 4.46. The van der Waals surface area contributed by atoms with Gasteiger partial charge in [-0.15, -0.1) is 0 Å². The van der Waals surface area contributed by atoms with E-state index in [0.717, 1.165) is 5.56 Å². The molecule has 1 aromatic carbocycles. The molecule has 0 aliphatic carbocycles. The van der Waals surface area contributed by atoms with E-state index in [1.165, 1.54) is 0 Å². The quantitative estimate of drug-likeness (QED) is 0.840.